The molecule has 0 atom stereocenters. The predicted octanol–water partition coefficient (Wildman–Crippen LogP) is 4.65. The van der Waals surface area contributed by atoms with Crippen molar-refractivity contribution in [1.82, 2.24) is 4.72 Å². The van der Waals surface area contributed by atoms with Gasteiger partial charge in [0.1, 0.15) is 4.90 Å². The first-order valence-corrected chi connectivity index (χ1v) is 11.7. The molecule has 0 radical (unpaired) electrons. The van der Waals surface area contributed by atoms with Crippen molar-refractivity contribution < 1.29 is 13.2 Å². The number of para-hydroxylation sites is 1. The molecule has 152 valence electrons. The van der Waals surface area contributed by atoms with Gasteiger partial charge in [-0.15, -0.1) is 11.8 Å². The first-order chi connectivity index (χ1) is 13.6. The average molecular weight is 429 g/mol. The van der Waals surface area contributed by atoms with E-state index >= 15 is 0 Å². The van der Waals surface area contributed by atoms with E-state index in [1.165, 1.54) is 17.8 Å². The number of fused-ring (bicyclic) bond motifs is 1. The zero-order chi connectivity index (χ0) is 21.1. The Balaban J connectivity index is 1.71. The molecule has 0 saturated carbocycles. The van der Waals surface area contributed by atoms with Gasteiger partial charge in [-0.05, 0) is 55.8 Å². The summed E-state index contributed by atoms with van der Waals surface area (Å²) in [5.41, 5.74) is -0.351. The molecular formula is C22H24N2O3S2. The van der Waals surface area contributed by atoms with Crippen LogP contribution >= 0.6 is 11.8 Å². The van der Waals surface area contributed by atoms with Crippen LogP contribution in [0.1, 0.15) is 20.8 Å². The number of hydrogen-bond donors (Lipinski definition) is 2. The number of rotatable bonds is 6. The fraction of sp³-hybridized carbons (Fsp3) is 0.227. The fourth-order valence-electron chi connectivity index (χ4n) is 2.85. The summed E-state index contributed by atoms with van der Waals surface area (Å²) in [6.45, 7) is 5.31. The molecule has 2 N–H and O–H groups in total. The van der Waals surface area contributed by atoms with Crippen LogP contribution in [0, 0.1) is 0 Å². The third-order valence-corrected chi connectivity index (χ3v) is 6.79. The summed E-state index contributed by atoms with van der Waals surface area (Å²) in [5.74, 6) is -0.0825. The smallest absolute Gasteiger partial charge is 0.243 e. The monoisotopic (exact) mass is 428 g/mol. The van der Waals surface area contributed by atoms with E-state index in [9.17, 15) is 13.2 Å². The molecule has 1 amide bonds. The molecule has 3 rings (SSSR count). The molecule has 3 aromatic rings. The van der Waals surface area contributed by atoms with Crippen molar-refractivity contribution >= 4 is 44.2 Å². The van der Waals surface area contributed by atoms with Gasteiger partial charge in [0.15, 0.2) is 0 Å². The van der Waals surface area contributed by atoms with E-state index in [4.69, 9.17) is 0 Å². The number of carbonyl (C=O) groups excluding carboxylic acids is 1. The van der Waals surface area contributed by atoms with Gasteiger partial charge in [-0.2, -0.15) is 0 Å². The molecule has 0 aromatic heterocycles. The minimum Gasteiger partial charge on any atom is -0.324 e. The van der Waals surface area contributed by atoms with E-state index < -0.39 is 15.6 Å². The molecule has 0 spiro atoms. The van der Waals surface area contributed by atoms with Crippen molar-refractivity contribution in [2.24, 2.45) is 0 Å². The highest BCUT2D eigenvalue weighted by atomic mass is 32.2. The number of anilines is 1. The summed E-state index contributed by atoms with van der Waals surface area (Å²) in [6.07, 6.45) is 0. The largest absolute Gasteiger partial charge is 0.324 e. The molecule has 0 unspecified atom stereocenters. The second kappa shape index (κ2) is 8.57. The van der Waals surface area contributed by atoms with Crippen LogP contribution in [0.3, 0.4) is 0 Å². The molecular weight excluding hydrogens is 404 g/mol. The lowest BCUT2D eigenvalue weighted by Gasteiger charge is -2.21. The van der Waals surface area contributed by atoms with Crippen molar-refractivity contribution in [3.63, 3.8) is 0 Å². The maximum atomic E-state index is 12.7. The van der Waals surface area contributed by atoms with E-state index in [0.717, 1.165) is 15.7 Å². The van der Waals surface area contributed by atoms with Crippen LogP contribution in [0.2, 0.25) is 0 Å². The van der Waals surface area contributed by atoms with Gasteiger partial charge in [-0.1, -0.05) is 42.5 Å². The summed E-state index contributed by atoms with van der Waals surface area (Å²) < 4.78 is 28.0. The van der Waals surface area contributed by atoms with Crippen LogP contribution in [0.4, 0.5) is 5.69 Å². The summed E-state index contributed by atoms with van der Waals surface area (Å²) in [5, 5.41) is 4.99. The summed E-state index contributed by atoms with van der Waals surface area (Å²) in [7, 11) is -3.76. The van der Waals surface area contributed by atoms with Crippen molar-refractivity contribution in [1.29, 1.82) is 0 Å². The maximum absolute atomic E-state index is 12.7. The van der Waals surface area contributed by atoms with Crippen LogP contribution in [0.25, 0.3) is 10.8 Å². The Bertz CT molecular complexity index is 1140. The van der Waals surface area contributed by atoms with Crippen molar-refractivity contribution in [2.45, 2.75) is 36.1 Å². The highest BCUT2D eigenvalue weighted by molar-refractivity contribution is 8.00. The Morgan fingerprint density at radius 3 is 2.31 bits per heavy atom. The number of amides is 1. The van der Waals surface area contributed by atoms with Crippen LogP contribution in [-0.2, 0) is 14.8 Å². The third kappa shape index (κ3) is 5.82. The number of carbonyl (C=O) groups is 1. The fourth-order valence-corrected chi connectivity index (χ4v) is 5.18. The van der Waals surface area contributed by atoms with Gasteiger partial charge in [0.25, 0.3) is 0 Å². The number of sulfonamides is 1. The average Bonchev–Trinajstić information content (AvgIpc) is 2.64. The first-order valence-electron chi connectivity index (χ1n) is 9.18. The molecule has 0 heterocycles. The van der Waals surface area contributed by atoms with Crippen LogP contribution in [-0.4, -0.2) is 25.6 Å². The van der Waals surface area contributed by atoms with Crippen molar-refractivity contribution in [3.05, 3.63) is 66.7 Å². The highest BCUT2D eigenvalue weighted by Gasteiger charge is 2.24. The van der Waals surface area contributed by atoms with Crippen LogP contribution in [0.5, 0.6) is 0 Å². The van der Waals surface area contributed by atoms with Gasteiger partial charge >= 0.3 is 0 Å². The number of nitrogens with one attached hydrogen (secondary N) is 2. The van der Waals surface area contributed by atoms with Gasteiger partial charge < -0.3 is 5.32 Å². The van der Waals surface area contributed by atoms with Crippen LogP contribution < -0.4 is 10.0 Å². The Kier molecular flexibility index (Phi) is 6.31. The zero-order valence-corrected chi connectivity index (χ0v) is 18.2. The van der Waals surface area contributed by atoms with Gasteiger partial charge in [-0.3, -0.25) is 4.79 Å². The molecule has 0 aliphatic rings. The van der Waals surface area contributed by atoms with E-state index in [2.05, 4.69) is 10.0 Å². The number of benzene rings is 3. The van der Waals surface area contributed by atoms with E-state index in [1.54, 1.807) is 39.0 Å². The van der Waals surface area contributed by atoms with E-state index in [1.807, 2.05) is 42.5 Å². The lowest BCUT2D eigenvalue weighted by Crippen LogP contribution is -2.40. The van der Waals surface area contributed by atoms with Crippen molar-refractivity contribution in [2.75, 3.05) is 11.1 Å². The second-order valence-corrected chi connectivity index (χ2v) is 10.4. The molecule has 0 aliphatic carbocycles. The lowest BCUT2D eigenvalue weighted by atomic mass is 10.1. The van der Waals surface area contributed by atoms with Gasteiger partial charge in [0.05, 0.1) is 11.4 Å². The van der Waals surface area contributed by atoms with E-state index in [-0.39, 0.29) is 22.2 Å². The Morgan fingerprint density at radius 1 is 0.931 bits per heavy atom. The second-order valence-electron chi connectivity index (χ2n) is 7.70. The lowest BCUT2D eigenvalue weighted by molar-refractivity contribution is -0.113. The van der Waals surface area contributed by atoms with Gasteiger partial charge in [-0.25, -0.2) is 13.1 Å². The molecule has 0 aliphatic heterocycles. The SMILES string of the molecule is CC(C)(C)NS(=O)(=O)c1ccccc1NC(=O)CSc1ccc2ccccc2c1. The quantitative estimate of drug-likeness (QED) is 0.561. The summed E-state index contributed by atoms with van der Waals surface area (Å²) in [6, 6.07) is 20.5. The number of hydrogen-bond acceptors (Lipinski definition) is 4. The predicted molar refractivity (Wildman–Crippen MR) is 120 cm³/mol. The van der Waals surface area contributed by atoms with Crippen molar-refractivity contribution in [3.8, 4) is 0 Å². The summed E-state index contributed by atoms with van der Waals surface area (Å²) >= 11 is 1.41. The Hall–Kier alpha value is -2.35. The zero-order valence-electron chi connectivity index (χ0n) is 16.6. The Labute approximate surface area is 176 Å². The first kappa shape index (κ1) is 21.4. The summed E-state index contributed by atoms with van der Waals surface area (Å²) in [4.78, 5) is 13.5. The van der Waals surface area contributed by atoms with Gasteiger partial charge in [0, 0.05) is 10.4 Å². The molecule has 0 saturated heterocycles. The topological polar surface area (TPSA) is 75.3 Å². The molecule has 3 aromatic carbocycles. The van der Waals surface area contributed by atoms with E-state index in [0.29, 0.717) is 0 Å². The number of thioether (sulfide) groups is 1. The molecule has 0 bridgehead atoms. The Morgan fingerprint density at radius 2 is 1.59 bits per heavy atom. The standard InChI is InChI=1S/C22H24N2O3S2/c1-22(2,3)24-29(26,27)20-11-7-6-10-19(20)23-21(25)15-28-18-13-12-16-8-4-5-9-17(16)14-18/h4-14,24H,15H2,1-3H3,(H,23,25). The molecule has 5 nitrogen and oxygen atoms in total. The minimum atomic E-state index is -3.76. The normalized spacial score (nSPS) is 12.1. The third-order valence-electron chi connectivity index (χ3n) is 3.98. The van der Waals surface area contributed by atoms with Gasteiger partial charge in [0.2, 0.25) is 15.9 Å². The minimum absolute atomic E-state index is 0.0546. The van der Waals surface area contributed by atoms with Crippen LogP contribution in [0.15, 0.2) is 76.5 Å². The molecule has 0 fully saturated rings. The molecule has 7 heteroatoms. The molecule has 29 heavy (non-hydrogen) atoms. The maximum Gasteiger partial charge on any atom is 0.243 e. The highest BCUT2D eigenvalue weighted by Crippen LogP contribution is 2.25.